The number of aromatic nitrogens is 8. The maximum absolute atomic E-state index is 15.4. The summed E-state index contributed by atoms with van der Waals surface area (Å²) in [5, 5.41) is 28.8. The van der Waals surface area contributed by atoms with Crippen LogP contribution in [0.3, 0.4) is 0 Å². The third-order valence-corrected chi connectivity index (χ3v) is 15.3. The molecule has 4 aliphatic heterocycles. The number of fused-ring (bicyclic) bond motifs is 2. The molecule has 0 aliphatic carbocycles. The molecule has 0 bridgehead atoms. The summed E-state index contributed by atoms with van der Waals surface area (Å²) < 4.78 is 93.7. The number of nitrogens with one attached hydrogen (secondary N) is 4. The number of piperidine rings is 1. The van der Waals surface area contributed by atoms with E-state index >= 15 is 8.78 Å². The first kappa shape index (κ1) is 52.7. The summed E-state index contributed by atoms with van der Waals surface area (Å²) in [5.41, 5.74) is 3.56. The second-order valence-electron chi connectivity index (χ2n) is 19.0. The van der Waals surface area contributed by atoms with Crippen LogP contribution >= 0.6 is 11.8 Å². The largest absolute Gasteiger partial charge is 0.343 e. The number of carbonyl (C=O) groups excluding carboxylic acids is 3. The lowest BCUT2D eigenvalue weighted by atomic mass is 10.0. The molecular formula is C50H59F6N15O3S. The van der Waals surface area contributed by atoms with Crippen molar-refractivity contribution in [2.45, 2.75) is 83.5 Å². The standard InChI is InChI=1S/C26H31F3N8O2.C24H28F3N7OS/c1-15(38)35-7-4-17(5-8-35)37-23-6-9-36(26(39)30-2)14-20(23)25(33-37)32-22-11-19(24(28)29)18(10-21(22)27)16-12-31-34(3)13-16;1-28-24(35)33-6-3-21-18(13-33)23(31-34(21)15-4-7-36-8-5-15)30-20-10-17(22(26)27)16(9-19(20)25)14-11-29-32(2)12-14/h10-13,17,24H,4-9,14H2,1-3H3,(H,30,39)(H,32,33);9-12,15,22H,3-8,13H2,1-2H3,(H,28,35)(H,30,31). The van der Waals surface area contributed by atoms with Gasteiger partial charge in [-0.25, -0.2) is 35.9 Å². The fraction of sp³-hybridized carbons (Fsp3) is 0.460. The van der Waals surface area contributed by atoms with Crippen LogP contribution in [0.2, 0.25) is 0 Å². The van der Waals surface area contributed by atoms with E-state index in [9.17, 15) is 31.9 Å². The smallest absolute Gasteiger partial charge is 0.317 e. The molecule has 0 radical (unpaired) electrons. The molecule has 400 valence electrons. The van der Waals surface area contributed by atoms with Crippen LogP contribution in [-0.4, -0.2) is 124 Å². The number of carbonyl (C=O) groups is 3. The Kier molecular flexibility index (Phi) is 15.7. The zero-order valence-electron chi connectivity index (χ0n) is 42.1. The van der Waals surface area contributed by atoms with Crippen LogP contribution in [0, 0.1) is 11.6 Å². The lowest BCUT2D eigenvalue weighted by Gasteiger charge is -2.33. The first-order valence-electron chi connectivity index (χ1n) is 24.7. The van der Waals surface area contributed by atoms with Gasteiger partial charge in [-0.15, -0.1) is 0 Å². The molecule has 8 heterocycles. The van der Waals surface area contributed by atoms with Crippen molar-refractivity contribution in [1.82, 2.24) is 64.5 Å². The van der Waals surface area contributed by atoms with Crippen molar-refractivity contribution in [2.75, 3.05) is 62.4 Å². The van der Waals surface area contributed by atoms with Crippen molar-refractivity contribution in [2.24, 2.45) is 14.1 Å². The predicted molar refractivity (Wildman–Crippen MR) is 271 cm³/mol. The van der Waals surface area contributed by atoms with E-state index in [1.807, 2.05) is 21.1 Å². The van der Waals surface area contributed by atoms with Gasteiger partial charge in [0.1, 0.15) is 11.6 Å². The minimum atomic E-state index is -2.84. The summed E-state index contributed by atoms with van der Waals surface area (Å²) in [6, 6.07) is 4.23. The van der Waals surface area contributed by atoms with Crippen molar-refractivity contribution in [3.05, 3.63) is 94.3 Å². The van der Waals surface area contributed by atoms with Gasteiger partial charge in [0, 0.05) is 131 Å². The molecule has 10 rings (SSSR count). The number of rotatable bonds is 10. The molecule has 75 heavy (non-hydrogen) atoms. The third kappa shape index (κ3) is 11.1. The highest BCUT2D eigenvalue weighted by Gasteiger charge is 2.34. The molecule has 0 spiro atoms. The van der Waals surface area contributed by atoms with Gasteiger partial charge < -0.3 is 36.0 Å². The Morgan fingerprint density at radius 3 is 1.43 bits per heavy atom. The Hall–Kier alpha value is -7.18. The quantitative estimate of drug-likeness (QED) is 0.0969. The second kappa shape index (κ2) is 22.3. The van der Waals surface area contributed by atoms with Gasteiger partial charge in [-0.1, -0.05) is 0 Å². The number of likely N-dealkylation sites (tertiary alicyclic amines) is 1. The van der Waals surface area contributed by atoms with E-state index in [0.717, 1.165) is 65.6 Å². The summed E-state index contributed by atoms with van der Waals surface area (Å²) >= 11 is 1.91. The molecule has 0 atom stereocenters. The van der Waals surface area contributed by atoms with E-state index in [1.54, 1.807) is 62.2 Å². The molecule has 0 saturated carbocycles. The highest BCUT2D eigenvalue weighted by atomic mass is 32.2. The maximum Gasteiger partial charge on any atom is 0.317 e. The van der Waals surface area contributed by atoms with Crippen LogP contribution in [0.4, 0.5) is 58.9 Å². The number of aryl methyl sites for hydroxylation is 2. The van der Waals surface area contributed by atoms with Gasteiger partial charge in [0.2, 0.25) is 5.91 Å². The van der Waals surface area contributed by atoms with Crippen molar-refractivity contribution in [3.63, 3.8) is 0 Å². The number of halogens is 6. The van der Waals surface area contributed by atoms with Crippen molar-refractivity contribution < 1.29 is 40.7 Å². The molecule has 2 fully saturated rings. The number of hydrogen-bond acceptors (Lipinski definition) is 10. The normalized spacial score (nSPS) is 16.1. The highest BCUT2D eigenvalue weighted by molar-refractivity contribution is 7.99. The molecule has 2 aromatic carbocycles. The summed E-state index contributed by atoms with van der Waals surface area (Å²) in [6.45, 7) is 4.31. The van der Waals surface area contributed by atoms with E-state index < -0.39 is 24.5 Å². The number of alkyl halides is 4. The van der Waals surface area contributed by atoms with E-state index in [0.29, 0.717) is 86.7 Å². The lowest BCUT2D eigenvalue weighted by molar-refractivity contribution is -0.130. The Labute approximate surface area is 433 Å². The molecule has 4 aliphatic rings. The Balaban J connectivity index is 0.000000184. The number of urea groups is 2. The fourth-order valence-electron chi connectivity index (χ4n) is 10.3. The van der Waals surface area contributed by atoms with Crippen LogP contribution in [0.15, 0.2) is 49.1 Å². The highest BCUT2D eigenvalue weighted by Crippen LogP contribution is 2.41. The molecule has 4 aromatic heterocycles. The predicted octanol–water partition coefficient (Wildman–Crippen LogP) is 8.85. The van der Waals surface area contributed by atoms with Gasteiger partial charge >= 0.3 is 12.1 Å². The zero-order chi connectivity index (χ0) is 53.2. The summed E-state index contributed by atoms with van der Waals surface area (Å²) in [7, 11) is 6.45. The summed E-state index contributed by atoms with van der Waals surface area (Å²) in [6.07, 6.45) is 4.82. The number of anilines is 4. The Morgan fingerprint density at radius 2 is 1.05 bits per heavy atom. The van der Waals surface area contributed by atoms with E-state index in [1.165, 1.54) is 21.8 Å². The SMILES string of the molecule is CNC(=O)N1CCc2c(c(Nc3cc(C(F)F)c(-c4cnn(C)c4)cc3F)nn2C2CCN(C(C)=O)CC2)C1.CNC(=O)N1CCc2c(c(Nc3cc(C(F)F)c(-c4cnn(C)c4)cc3F)nn2C2CCSCC2)C1. The van der Waals surface area contributed by atoms with Crippen LogP contribution in [-0.2, 0) is 44.8 Å². The number of thioether (sulfide) groups is 1. The van der Waals surface area contributed by atoms with Gasteiger partial charge in [0.15, 0.2) is 11.6 Å². The van der Waals surface area contributed by atoms with E-state index in [-0.39, 0.29) is 70.2 Å². The molecule has 18 nitrogen and oxygen atoms in total. The number of benzene rings is 2. The fourth-order valence-corrected chi connectivity index (χ4v) is 11.4. The average molecular weight is 1060 g/mol. The number of amides is 5. The minimum Gasteiger partial charge on any atom is -0.343 e. The number of nitrogens with zero attached hydrogens (tertiary/aromatic N) is 11. The minimum absolute atomic E-state index is 0.0193. The van der Waals surface area contributed by atoms with Crippen molar-refractivity contribution >= 4 is 52.7 Å². The summed E-state index contributed by atoms with van der Waals surface area (Å²) in [4.78, 5) is 41.6. The molecule has 6 aromatic rings. The van der Waals surface area contributed by atoms with Crippen molar-refractivity contribution in [3.8, 4) is 22.3 Å². The average Bonchev–Trinajstić information content (AvgIpc) is 4.23. The molecule has 5 amide bonds. The molecule has 4 N–H and O–H groups in total. The lowest BCUT2D eigenvalue weighted by Crippen LogP contribution is -2.42. The van der Waals surface area contributed by atoms with Gasteiger partial charge in [-0.2, -0.15) is 32.2 Å². The Bertz CT molecular complexity index is 3070. The van der Waals surface area contributed by atoms with Crippen LogP contribution in [0.1, 0.15) is 91.2 Å². The monoisotopic (exact) mass is 1060 g/mol. The first-order valence-corrected chi connectivity index (χ1v) is 25.9. The zero-order valence-corrected chi connectivity index (χ0v) is 43.0. The van der Waals surface area contributed by atoms with Crippen molar-refractivity contribution in [1.29, 1.82) is 0 Å². The van der Waals surface area contributed by atoms with Gasteiger partial charge in [0.25, 0.3) is 12.9 Å². The van der Waals surface area contributed by atoms with Gasteiger partial charge in [0.05, 0.1) is 48.9 Å². The van der Waals surface area contributed by atoms with Crippen LogP contribution in [0.5, 0.6) is 0 Å². The molecule has 0 unspecified atom stereocenters. The maximum atomic E-state index is 15.4. The van der Waals surface area contributed by atoms with E-state index in [2.05, 4.69) is 31.5 Å². The topological polar surface area (TPSA) is 180 Å². The van der Waals surface area contributed by atoms with Crippen LogP contribution in [0.25, 0.3) is 22.3 Å². The van der Waals surface area contributed by atoms with Gasteiger partial charge in [-0.3, -0.25) is 23.5 Å². The van der Waals surface area contributed by atoms with Crippen LogP contribution < -0.4 is 21.3 Å². The third-order valence-electron chi connectivity index (χ3n) is 14.3. The molecular weight excluding hydrogens is 1000 g/mol. The van der Waals surface area contributed by atoms with Gasteiger partial charge in [-0.05, 0) is 72.6 Å². The Morgan fingerprint density at radius 1 is 0.627 bits per heavy atom. The first-order chi connectivity index (χ1) is 36.0. The number of hydrogen-bond donors (Lipinski definition) is 4. The second-order valence-corrected chi connectivity index (χ2v) is 20.2. The summed E-state index contributed by atoms with van der Waals surface area (Å²) in [5.74, 6) is 1.43. The van der Waals surface area contributed by atoms with E-state index in [4.69, 9.17) is 10.2 Å². The molecule has 2 saturated heterocycles. The molecule has 25 heteroatoms.